The minimum atomic E-state index is -3.98. The number of aliphatic hydroxyl groups is 1. The zero-order valence-electron chi connectivity index (χ0n) is 9.75. The predicted octanol–water partition coefficient (Wildman–Crippen LogP) is 1.10. The summed E-state index contributed by atoms with van der Waals surface area (Å²) in [6.07, 6.45) is 0.895. The largest absolute Gasteiger partial charge is 0.506 e. The molecule has 1 aromatic rings. The van der Waals surface area contributed by atoms with E-state index in [2.05, 4.69) is 0 Å². The number of sulfonamides is 1. The van der Waals surface area contributed by atoms with E-state index in [0.717, 1.165) is 13.1 Å². The van der Waals surface area contributed by atoms with Gasteiger partial charge in [-0.3, -0.25) is 4.79 Å². The Morgan fingerprint density at radius 3 is 2.61 bits per heavy atom. The van der Waals surface area contributed by atoms with Gasteiger partial charge in [-0.1, -0.05) is 0 Å². The highest BCUT2D eigenvalue weighted by atomic mass is 32.2. The van der Waals surface area contributed by atoms with Crippen LogP contribution in [0.2, 0.25) is 0 Å². The van der Waals surface area contributed by atoms with Gasteiger partial charge in [-0.25, -0.2) is 12.7 Å². The van der Waals surface area contributed by atoms with Crippen LogP contribution in [0.5, 0.6) is 5.75 Å². The van der Waals surface area contributed by atoms with Gasteiger partial charge in [-0.2, -0.15) is 0 Å². The van der Waals surface area contributed by atoms with Crippen LogP contribution in [0, 0.1) is 0 Å². The minimum Gasteiger partial charge on any atom is -0.506 e. The van der Waals surface area contributed by atoms with Gasteiger partial charge in [0.15, 0.2) is 0 Å². The number of hydrogen-bond acceptors (Lipinski definition) is 5. The summed E-state index contributed by atoms with van der Waals surface area (Å²) >= 11 is 0. The third-order valence-corrected chi connectivity index (χ3v) is 4.33. The highest BCUT2D eigenvalue weighted by molar-refractivity contribution is 7.90. The molecule has 1 N–H and O–H groups in total. The van der Waals surface area contributed by atoms with Crippen LogP contribution in [-0.4, -0.2) is 30.8 Å². The summed E-state index contributed by atoms with van der Waals surface area (Å²) in [6.45, 7) is 1.10. The lowest BCUT2D eigenvalue weighted by Gasteiger charge is -2.24. The second kappa shape index (κ2) is 4.02. The van der Waals surface area contributed by atoms with E-state index in [0.29, 0.717) is 10.1 Å². The maximum atomic E-state index is 12.2. The van der Waals surface area contributed by atoms with Crippen molar-refractivity contribution < 1.29 is 23.1 Å². The zero-order valence-corrected chi connectivity index (χ0v) is 10.6. The number of hydrogen-bond donors (Lipinski definition) is 1. The van der Waals surface area contributed by atoms with Crippen molar-refractivity contribution in [2.24, 2.45) is 0 Å². The maximum Gasteiger partial charge on any atom is 0.271 e. The average molecular weight is 269 g/mol. The second-order valence-electron chi connectivity index (χ2n) is 3.70. The van der Waals surface area contributed by atoms with Gasteiger partial charge in [0.25, 0.3) is 10.0 Å². The normalized spacial score (nSPS) is 16.8. The van der Waals surface area contributed by atoms with Crippen molar-refractivity contribution in [1.29, 1.82) is 0 Å². The molecule has 1 aliphatic heterocycles. The van der Waals surface area contributed by atoms with Crippen LogP contribution in [0.15, 0.2) is 29.3 Å². The van der Waals surface area contributed by atoms with Crippen molar-refractivity contribution in [3.05, 3.63) is 30.0 Å². The molecule has 0 unspecified atom stereocenters. The first kappa shape index (κ1) is 12.4. The lowest BCUT2D eigenvalue weighted by Crippen LogP contribution is -2.33. The van der Waals surface area contributed by atoms with Gasteiger partial charge in [0, 0.05) is 18.6 Å². The van der Waals surface area contributed by atoms with E-state index in [4.69, 9.17) is 4.74 Å². The van der Waals surface area contributed by atoms with Crippen LogP contribution in [-0.2, 0) is 14.8 Å². The Hall–Kier alpha value is -2.02. The number of aliphatic hydroxyl groups excluding tert-OH is 1. The summed E-state index contributed by atoms with van der Waals surface area (Å²) in [5.41, 5.74) is 0.147. The first-order valence-electron chi connectivity index (χ1n) is 5.02. The number of carbonyl (C=O) groups is 1. The highest BCUT2D eigenvalue weighted by Crippen LogP contribution is 2.33. The minimum absolute atomic E-state index is 0.147. The smallest absolute Gasteiger partial charge is 0.271 e. The molecule has 0 aromatic heterocycles. The molecule has 0 radical (unpaired) electrons. The lowest BCUT2D eigenvalue weighted by molar-refractivity contribution is -0.122. The number of nitrogens with zero attached hydrogens (tertiary/aromatic N) is 1. The molecule has 0 spiro atoms. The van der Waals surface area contributed by atoms with Crippen molar-refractivity contribution in [2.45, 2.75) is 11.8 Å². The fourth-order valence-corrected chi connectivity index (χ4v) is 3.18. The lowest BCUT2D eigenvalue weighted by atomic mass is 10.2. The molecule has 1 amide bonds. The Kier molecular flexibility index (Phi) is 2.78. The predicted molar refractivity (Wildman–Crippen MR) is 63.3 cm³/mol. The molecule has 96 valence electrons. The molecular weight excluding hydrogens is 258 g/mol. The SMILES string of the molecule is COc1ccc2c(c1)S(=O)(=O)N(C(C)=O)C=C2O. The second-order valence-corrected chi connectivity index (χ2v) is 5.48. The van der Waals surface area contributed by atoms with Gasteiger partial charge in [-0.05, 0) is 12.1 Å². The fraction of sp³-hybridized carbons (Fsp3) is 0.182. The summed E-state index contributed by atoms with van der Waals surface area (Å²) in [6, 6.07) is 4.22. The molecule has 0 aliphatic carbocycles. The molecule has 6 nitrogen and oxygen atoms in total. The highest BCUT2D eigenvalue weighted by Gasteiger charge is 2.34. The number of rotatable bonds is 1. The third-order valence-electron chi connectivity index (χ3n) is 2.55. The van der Waals surface area contributed by atoms with E-state index in [1.165, 1.54) is 25.3 Å². The van der Waals surface area contributed by atoms with E-state index in [-0.39, 0.29) is 16.2 Å². The maximum absolute atomic E-state index is 12.2. The number of fused-ring (bicyclic) bond motifs is 1. The zero-order chi connectivity index (χ0) is 13.5. The van der Waals surface area contributed by atoms with Crippen LogP contribution in [0.3, 0.4) is 0 Å². The van der Waals surface area contributed by atoms with Gasteiger partial charge in [0.1, 0.15) is 16.4 Å². The molecule has 0 saturated carbocycles. The van der Waals surface area contributed by atoms with Gasteiger partial charge in [0.05, 0.1) is 13.3 Å². The van der Waals surface area contributed by atoms with E-state index >= 15 is 0 Å². The fourth-order valence-electron chi connectivity index (χ4n) is 1.67. The molecule has 7 heteroatoms. The molecule has 18 heavy (non-hydrogen) atoms. The molecule has 0 atom stereocenters. The van der Waals surface area contributed by atoms with E-state index in [1.54, 1.807) is 0 Å². The summed E-state index contributed by atoms with van der Waals surface area (Å²) in [7, 11) is -2.58. The molecule has 2 rings (SSSR count). The molecular formula is C11H11NO5S. The van der Waals surface area contributed by atoms with Crippen molar-refractivity contribution in [2.75, 3.05) is 7.11 Å². The van der Waals surface area contributed by atoms with Gasteiger partial charge >= 0.3 is 0 Å². The summed E-state index contributed by atoms with van der Waals surface area (Å²) in [5.74, 6) is -0.650. The Morgan fingerprint density at radius 2 is 2.06 bits per heavy atom. The van der Waals surface area contributed by atoms with Crippen LogP contribution in [0.1, 0.15) is 12.5 Å². The van der Waals surface area contributed by atoms with Crippen LogP contribution in [0.4, 0.5) is 0 Å². The summed E-state index contributed by atoms with van der Waals surface area (Å²) in [5, 5.41) is 9.74. The number of carbonyl (C=O) groups excluding carboxylic acids is 1. The molecule has 0 bridgehead atoms. The Labute approximate surface area is 104 Å². The molecule has 1 heterocycles. The van der Waals surface area contributed by atoms with Crippen molar-refractivity contribution in [1.82, 2.24) is 4.31 Å². The van der Waals surface area contributed by atoms with Gasteiger partial charge < -0.3 is 9.84 Å². The first-order valence-corrected chi connectivity index (χ1v) is 6.46. The number of benzene rings is 1. The monoisotopic (exact) mass is 269 g/mol. The van der Waals surface area contributed by atoms with E-state index in [9.17, 15) is 18.3 Å². The average Bonchev–Trinajstić information content (AvgIpc) is 2.33. The quantitative estimate of drug-likeness (QED) is 0.825. The van der Waals surface area contributed by atoms with Gasteiger partial charge in [0.2, 0.25) is 5.91 Å². The first-order chi connectivity index (χ1) is 8.37. The topological polar surface area (TPSA) is 83.9 Å². The van der Waals surface area contributed by atoms with Crippen molar-refractivity contribution in [3.63, 3.8) is 0 Å². The van der Waals surface area contributed by atoms with Crippen LogP contribution < -0.4 is 4.74 Å². The number of amides is 1. The Balaban J connectivity index is 2.73. The van der Waals surface area contributed by atoms with E-state index < -0.39 is 15.9 Å². The Morgan fingerprint density at radius 1 is 1.39 bits per heavy atom. The summed E-state index contributed by atoms with van der Waals surface area (Å²) in [4.78, 5) is 11.1. The molecule has 0 fully saturated rings. The van der Waals surface area contributed by atoms with Crippen molar-refractivity contribution in [3.8, 4) is 5.75 Å². The third kappa shape index (κ3) is 1.72. The molecule has 1 aliphatic rings. The Bertz CT molecular complexity index is 647. The van der Waals surface area contributed by atoms with Crippen LogP contribution in [0.25, 0.3) is 5.76 Å². The van der Waals surface area contributed by atoms with Gasteiger partial charge in [-0.15, -0.1) is 0 Å². The number of ether oxygens (including phenoxy) is 1. The molecule has 1 aromatic carbocycles. The summed E-state index contributed by atoms with van der Waals surface area (Å²) < 4.78 is 29.7. The van der Waals surface area contributed by atoms with Crippen LogP contribution >= 0.6 is 0 Å². The number of methoxy groups -OCH3 is 1. The van der Waals surface area contributed by atoms with Crippen molar-refractivity contribution >= 4 is 21.7 Å². The molecule has 0 saturated heterocycles. The standard InChI is InChI=1S/C11H11NO5S/c1-7(13)12-6-10(14)9-4-3-8(17-2)5-11(9)18(12,15)16/h3-6,14H,1-2H3. The van der Waals surface area contributed by atoms with E-state index in [1.807, 2.05) is 0 Å².